The highest BCUT2D eigenvalue weighted by Crippen LogP contribution is 2.38. The second-order valence-corrected chi connectivity index (χ2v) is 10.8. The Kier molecular flexibility index (Phi) is 6.22. The minimum atomic E-state index is -3.66. The van der Waals surface area contributed by atoms with Crippen LogP contribution in [0.15, 0.2) is 35.9 Å². The van der Waals surface area contributed by atoms with Gasteiger partial charge in [0.25, 0.3) is 0 Å². The van der Waals surface area contributed by atoms with E-state index in [9.17, 15) is 13.2 Å². The first-order valence-electron chi connectivity index (χ1n) is 10.1. The Morgan fingerprint density at radius 2 is 1.86 bits per heavy atom. The number of rotatable bonds is 5. The van der Waals surface area contributed by atoms with Crippen molar-refractivity contribution in [2.24, 2.45) is 0 Å². The molecule has 1 aromatic rings. The molecule has 2 aliphatic rings. The molecule has 1 aliphatic heterocycles. The van der Waals surface area contributed by atoms with Crippen molar-refractivity contribution >= 4 is 15.8 Å². The molecule has 1 fully saturated rings. The summed E-state index contributed by atoms with van der Waals surface area (Å²) in [6.07, 6.45) is 2.17. The lowest BCUT2D eigenvalue weighted by atomic mass is 9.84. The zero-order chi connectivity index (χ0) is 21.3. The molecule has 7 heteroatoms. The third-order valence-corrected chi connectivity index (χ3v) is 7.45. The van der Waals surface area contributed by atoms with Crippen molar-refractivity contribution in [3.63, 3.8) is 0 Å². The third-order valence-electron chi connectivity index (χ3n) is 5.38. The van der Waals surface area contributed by atoms with Crippen molar-refractivity contribution in [3.8, 4) is 0 Å². The molecule has 1 saturated heterocycles. The quantitative estimate of drug-likeness (QED) is 0.678. The topological polar surface area (TPSA) is 78.9 Å². The Morgan fingerprint density at radius 3 is 2.48 bits per heavy atom. The number of hydrogen-bond acceptors (Lipinski definition) is 6. The fourth-order valence-corrected chi connectivity index (χ4v) is 5.98. The lowest BCUT2D eigenvalue weighted by Crippen LogP contribution is -2.41. The molecule has 0 aromatic heterocycles. The van der Waals surface area contributed by atoms with E-state index in [1.807, 2.05) is 24.3 Å². The number of esters is 1. The van der Waals surface area contributed by atoms with Gasteiger partial charge in [0.15, 0.2) is 15.6 Å². The molecule has 6 nitrogen and oxygen atoms in total. The van der Waals surface area contributed by atoms with Gasteiger partial charge in [-0.15, -0.1) is 0 Å². The molecule has 1 aromatic carbocycles. The summed E-state index contributed by atoms with van der Waals surface area (Å²) in [5, 5.41) is -0.937. The SMILES string of the molecule is CCOC(=O)C1=CC2(CCC1S(=O)(=O)Cc1ccccc1C(C)(C)C)OCCO2. The van der Waals surface area contributed by atoms with E-state index in [2.05, 4.69) is 20.8 Å². The van der Waals surface area contributed by atoms with Crippen LogP contribution >= 0.6 is 0 Å². The summed E-state index contributed by atoms with van der Waals surface area (Å²) in [6.45, 7) is 8.88. The molecule has 29 heavy (non-hydrogen) atoms. The van der Waals surface area contributed by atoms with Gasteiger partial charge in [-0.3, -0.25) is 0 Å². The van der Waals surface area contributed by atoms with E-state index >= 15 is 0 Å². The molecule has 0 bridgehead atoms. The van der Waals surface area contributed by atoms with E-state index in [1.165, 1.54) is 6.08 Å². The molecule has 1 unspecified atom stereocenters. The maximum atomic E-state index is 13.4. The van der Waals surface area contributed by atoms with Crippen molar-refractivity contribution < 1.29 is 27.4 Å². The monoisotopic (exact) mass is 422 g/mol. The van der Waals surface area contributed by atoms with Crippen molar-refractivity contribution in [1.82, 2.24) is 0 Å². The van der Waals surface area contributed by atoms with Crippen LogP contribution in [-0.2, 0) is 40.0 Å². The van der Waals surface area contributed by atoms with Crippen molar-refractivity contribution in [3.05, 3.63) is 47.0 Å². The second-order valence-electron chi connectivity index (χ2n) is 8.57. The predicted octanol–water partition coefficient (Wildman–Crippen LogP) is 3.29. The normalized spacial score (nSPS) is 21.8. The van der Waals surface area contributed by atoms with Crippen LogP contribution in [0.5, 0.6) is 0 Å². The van der Waals surface area contributed by atoms with Crippen LogP contribution < -0.4 is 0 Å². The highest BCUT2D eigenvalue weighted by atomic mass is 32.2. The van der Waals surface area contributed by atoms with Crippen LogP contribution in [0.3, 0.4) is 0 Å². The Hall–Kier alpha value is -1.70. The second kappa shape index (κ2) is 8.20. The van der Waals surface area contributed by atoms with Gasteiger partial charge in [0.1, 0.15) is 0 Å². The van der Waals surface area contributed by atoms with Crippen molar-refractivity contribution in [1.29, 1.82) is 0 Å². The van der Waals surface area contributed by atoms with Crippen molar-refractivity contribution in [2.75, 3.05) is 19.8 Å². The molecule has 0 N–H and O–H groups in total. The largest absolute Gasteiger partial charge is 0.463 e. The van der Waals surface area contributed by atoms with Gasteiger partial charge in [-0.1, -0.05) is 45.0 Å². The molecule has 0 saturated carbocycles. The third kappa shape index (κ3) is 4.73. The Morgan fingerprint density at radius 1 is 1.21 bits per heavy atom. The summed E-state index contributed by atoms with van der Waals surface area (Å²) >= 11 is 0. The van der Waals surface area contributed by atoms with Crippen molar-refractivity contribution in [2.45, 2.75) is 62.7 Å². The van der Waals surface area contributed by atoms with Gasteiger partial charge in [-0.2, -0.15) is 0 Å². The first-order chi connectivity index (χ1) is 13.6. The molecule has 160 valence electrons. The minimum absolute atomic E-state index is 0.119. The number of hydrogen-bond donors (Lipinski definition) is 0. The molecular formula is C22H30O6S. The fourth-order valence-electron chi connectivity index (χ4n) is 4.06. The van der Waals surface area contributed by atoms with Gasteiger partial charge in [-0.05, 0) is 36.0 Å². The smallest absolute Gasteiger partial charge is 0.335 e. The van der Waals surface area contributed by atoms with Gasteiger partial charge in [-0.25, -0.2) is 13.2 Å². The molecule has 1 atom stereocenters. The lowest BCUT2D eigenvalue weighted by Gasteiger charge is -2.33. The molecular weight excluding hydrogens is 392 g/mol. The summed E-state index contributed by atoms with van der Waals surface area (Å²) in [5.74, 6) is -1.77. The summed E-state index contributed by atoms with van der Waals surface area (Å²) in [5.41, 5.74) is 1.68. The van der Waals surface area contributed by atoms with Crippen LogP contribution in [0.1, 0.15) is 51.7 Å². The van der Waals surface area contributed by atoms with Gasteiger partial charge in [0.05, 0.1) is 36.4 Å². The Bertz CT molecular complexity index is 888. The Labute approximate surface area is 173 Å². The Balaban J connectivity index is 1.96. The average Bonchev–Trinajstić information content (AvgIpc) is 3.08. The maximum Gasteiger partial charge on any atom is 0.335 e. The van der Waals surface area contributed by atoms with E-state index in [-0.39, 0.29) is 29.8 Å². The summed E-state index contributed by atoms with van der Waals surface area (Å²) in [6, 6.07) is 7.57. The minimum Gasteiger partial charge on any atom is -0.463 e. The number of sulfone groups is 1. The molecule has 3 rings (SSSR count). The van der Waals surface area contributed by atoms with Gasteiger partial charge >= 0.3 is 5.97 Å². The van der Waals surface area contributed by atoms with E-state index in [4.69, 9.17) is 14.2 Å². The number of carbonyl (C=O) groups is 1. The van der Waals surface area contributed by atoms with E-state index in [0.29, 0.717) is 19.6 Å². The predicted molar refractivity (Wildman–Crippen MR) is 110 cm³/mol. The zero-order valence-electron chi connectivity index (χ0n) is 17.6. The number of benzene rings is 1. The highest BCUT2D eigenvalue weighted by molar-refractivity contribution is 7.91. The first-order valence-corrected chi connectivity index (χ1v) is 11.8. The molecule has 0 radical (unpaired) electrons. The van der Waals surface area contributed by atoms with Crippen LogP contribution in [0.25, 0.3) is 0 Å². The van der Waals surface area contributed by atoms with E-state index in [0.717, 1.165) is 11.1 Å². The van der Waals surface area contributed by atoms with E-state index in [1.54, 1.807) is 6.92 Å². The van der Waals surface area contributed by atoms with Crippen LogP contribution in [-0.4, -0.2) is 45.2 Å². The highest BCUT2D eigenvalue weighted by Gasteiger charge is 2.46. The molecule has 0 amide bonds. The first kappa shape index (κ1) is 22.0. The fraction of sp³-hybridized carbons (Fsp3) is 0.591. The summed E-state index contributed by atoms with van der Waals surface area (Å²) in [4.78, 5) is 12.6. The van der Waals surface area contributed by atoms with Gasteiger partial charge in [0, 0.05) is 6.42 Å². The van der Waals surface area contributed by atoms with E-state index < -0.39 is 26.8 Å². The molecule has 1 spiro atoms. The summed E-state index contributed by atoms with van der Waals surface area (Å²) in [7, 11) is -3.66. The molecule has 1 aliphatic carbocycles. The number of ether oxygens (including phenoxy) is 3. The molecule has 1 heterocycles. The van der Waals surface area contributed by atoms with Crippen LogP contribution in [0.4, 0.5) is 0 Å². The lowest BCUT2D eigenvalue weighted by molar-refractivity contribution is -0.143. The average molecular weight is 423 g/mol. The standard InChI is InChI=1S/C22H30O6S/c1-5-26-20(23)17-14-22(27-12-13-28-22)11-10-19(17)29(24,25)15-16-8-6-7-9-18(16)21(2,3)4/h6-9,14,19H,5,10-13,15H2,1-4H3. The maximum absolute atomic E-state index is 13.4. The van der Waals surface area contributed by atoms with Crippen LogP contribution in [0, 0.1) is 0 Å². The van der Waals surface area contributed by atoms with Gasteiger partial charge < -0.3 is 14.2 Å². The van der Waals surface area contributed by atoms with Crippen LogP contribution in [0.2, 0.25) is 0 Å². The van der Waals surface area contributed by atoms with Gasteiger partial charge in [0.2, 0.25) is 0 Å². The number of carbonyl (C=O) groups excluding carboxylic acids is 1. The summed E-state index contributed by atoms with van der Waals surface area (Å²) < 4.78 is 43.4. The zero-order valence-corrected chi connectivity index (χ0v) is 18.4.